The second-order valence-corrected chi connectivity index (χ2v) is 6.66. The topological polar surface area (TPSA) is 72.8 Å². The molecule has 0 heterocycles. The number of benzene rings is 1. The zero-order chi connectivity index (χ0) is 20.2. The fourth-order valence-electron chi connectivity index (χ4n) is 2.54. The molecule has 1 aromatic rings. The van der Waals surface area contributed by atoms with E-state index < -0.39 is 0 Å². The summed E-state index contributed by atoms with van der Waals surface area (Å²) in [6, 6.07) is 5.54. The lowest BCUT2D eigenvalue weighted by Crippen LogP contribution is -2.07. The Morgan fingerprint density at radius 3 is 1.93 bits per heavy atom. The number of phenols is 1. The molecule has 5 heteroatoms. The van der Waals surface area contributed by atoms with Gasteiger partial charge in [0.25, 0.3) is 0 Å². The first-order valence-electron chi connectivity index (χ1n) is 9.28. The van der Waals surface area contributed by atoms with E-state index >= 15 is 0 Å². The van der Waals surface area contributed by atoms with Crippen LogP contribution in [0.15, 0.2) is 42.5 Å². The predicted octanol–water partition coefficient (Wildman–Crippen LogP) is 4.28. The van der Waals surface area contributed by atoms with E-state index in [1.165, 1.54) is 0 Å². The highest BCUT2D eigenvalue weighted by molar-refractivity contribution is 5.87. The van der Waals surface area contributed by atoms with E-state index in [-0.39, 0.29) is 11.9 Å². The third kappa shape index (κ3) is 8.58. The number of hydrogen-bond acceptors (Lipinski definition) is 5. The minimum Gasteiger partial charge on any atom is -0.508 e. The van der Waals surface area contributed by atoms with Crippen molar-refractivity contribution in [2.45, 2.75) is 52.4 Å². The molecular formula is C22H30O5. The fraction of sp³-hybridized carbons (Fsp3) is 0.455. The maximum Gasteiger partial charge on any atom is 0.333 e. The number of carbonyl (C=O) groups excluding carboxylic acids is 2. The molecule has 5 nitrogen and oxygen atoms in total. The van der Waals surface area contributed by atoms with E-state index in [0.29, 0.717) is 30.1 Å². The van der Waals surface area contributed by atoms with E-state index in [9.17, 15) is 14.7 Å². The number of phenolic OH excluding ortho intramolecular Hbond substituents is 1. The van der Waals surface area contributed by atoms with Crippen LogP contribution in [0, 0.1) is 0 Å². The maximum absolute atomic E-state index is 11.3. The van der Waals surface area contributed by atoms with E-state index in [1.54, 1.807) is 19.9 Å². The summed E-state index contributed by atoms with van der Waals surface area (Å²) < 4.78 is 10.2. The summed E-state index contributed by atoms with van der Waals surface area (Å²) in [7, 11) is 0. The van der Waals surface area contributed by atoms with Gasteiger partial charge in [0.2, 0.25) is 0 Å². The second-order valence-electron chi connectivity index (χ2n) is 6.66. The first-order valence-corrected chi connectivity index (χ1v) is 9.28. The van der Waals surface area contributed by atoms with Crippen LogP contribution >= 0.6 is 0 Å². The molecular weight excluding hydrogens is 344 g/mol. The summed E-state index contributed by atoms with van der Waals surface area (Å²) in [6.45, 7) is 11.1. The number of ether oxygens (including phenoxy) is 2. The highest BCUT2D eigenvalue weighted by atomic mass is 16.5. The van der Waals surface area contributed by atoms with Gasteiger partial charge in [-0.15, -0.1) is 0 Å². The molecule has 148 valence electrons. The SMILES string of the molecule is C=C(C)C(=O)OCCCCc1cccc(O)c1CCCCOC(=O)C(=C)C. The molecule has 0 atom stereocenters. The summed E-state index contributed by atoms with van der Waals surface area (Å²) in [5, 5.41) is 10.2. The van der Waals surface area contributed by atoms with Crippen LogP contribution in [0.3, 0.4) is 0 Å². The summed E-state index contributed by atoms with van der Waals surface area (Å²) in [5.41, 5.74) is 2.83. The Labute approximate surface area is 161 Å². The van der Waals surface area contributed by atoms with Crippen LogP contribution in [0.5, 0.6) is 5.75 Å². The molecule has 1 aromatic carbocycles. The van der Waals surface area contributed by atoms with Crippen molar-refractivity contribution < 1.29 is 24.2 Å². The molecule has 0 aliphatic heterocycles. The zero-order valence-corrected chi connectivity index (χ0v) is 16.4. The lowest BCUT2D eigenvalue weighted by Gasteiger charge is -2.12. The molecule has 27 heavy (non-hydrogen) atoms. The van der Waals surface area contributed by atoms with Crippen molar-refractivity contribution in [2.75, 3.05) is 13.2 Å². The summed E-state index contributed by atoms with van der Waals surface area (Å²) >= 11 is 0. The quantitative estimate of drug-likeness (QED) is 0.336. The van der Waals surface area contributed by atoms with E-state index in [4.69, 9.17) is 9.47 Å². The van der Waals surface area contributed by atoms with E-state index in [1.807, 2.05) is 12.1 Å². The van der Waals surface area contributed by atoms with Crippen LogP contribution in [0.4, 0.5) is 0 Å². The van der Waals surface area contributed by atoms with Crippen LogP contribution in [0.25, 0.3) is 0 Å². The van der Waals surface area contributed by atoms with Crippen LogP contribution in [0.1, 0.15) is 50.7 Å². The predicted molar refractivity (Wildman–Crippen MR) is 106 cm³/mol. The summed E-state index contributed by atoms with van der Waals surface area (Å²) in [5.74, 6) is -0.439. The lowest BCUT2D eigenvalue weighted by molar-refractivity contribution is -0.139. The molecule has 0 aliphatic carbocycles. The van der Waals surface area contributed by atoms with Gasteiger partial charge in [-0.3, -0.25) is 0 Å². The van der Waals surface area contributed by atoms with Crippen molar-refractivity contribution in [1.82, 2.24) is 0 Å². The van der Waals surface area contributed by atoms with Crippen molar-refractivity contribution >= 4 is 11.9 Å². The third-order valence-electron chi connectivity index (χ3n) is 4.07. The molecule has 0 bridgehead atoms. The normalized spacial score (nSPS) is 10.3. The first-order chi connectivity index (χ1) is 12.8. The van der Waals surface area contributed by atoms with Crippen molar-refractivity contribution in [3.8, 4) is 5.75 Å². The van der Waals surface area contributed by atoms with Crippen molar-refractivity contribution in [3.05, 3.63) is 53.6 Å². The third-order valence-corrected chi connectivity index (χ3v) is 4.07. The molecule has 0 spiro atoms. The Bertz CT molecular complexity index is 675. The Kier molecular flexibility index (Phi) is 9.94. The average Bonchev–Trinajstić information content (AvgIpc) is 2.62. The average molecular weight is 374 g/mol. The van der Waals surface area contributed by atoms with Gasteiger partial charge in [-0.25, -0.2) is 9.59 Å². The number of carbonyl (C=O) groups is 2. The van der Waals surface area contributed by atoms with Gasteiger partial charge < -0.3 is 14.6 Å². The van der Waals surface area contributed by atoms with Gasteiger partial charge in [-0.1, -0.05) is 25.3 Å². The molecule has 0 aromatic heterocycles. The molecule has 1 N–H and O–H groups in total. The number of esters is 2. The Balaban J connectivity index is 2.40. The van der Waals surface area contributed by atoms with Crippen LogP contribution in [0.2, 0.25) is 0 Å². The van der Waals surface area contributed by atoms with E-state index in [2.05, 4.69) is 13.2 Å². The minimum atomic E-state index is -0.370. The van der Waals surface area contributed by atoms with Crippen molar-refractivity contribution in [2.24, 2.45) is 0 Å². The van der Waals surface area contributed by atoms with E-state index in [0.717, 1.165) is 49.7 Å². The molecule has 0 unspecified atom stereocenters. The highest BCUT2D eigenvalue weighted by Crippen LogP contribution is 2.24. The van der Waals surface area contributed by atoms with Crippen molar-refractivity contribution in [3.63, 3.8) is 0 Å². The maximum atomic E-state index is 11.3. The minimum absolute atomic E-state index is 0.292. The van der Waals surface area contributed by atoms with Crippen molar-refractivity contribution in [1.29, 1.82) is 0 Å². The standard InChI is InChI=1S/C22H30O5/c1-16(2)21(24)26-14-7-5-10-18-11-9-13-20(23)19(18)12-6-8-15-27-22(25)17(3)4/h9,11,13,23H,1,3,5-8,10,12,14-15H2,2,4H3. The van der Waals surface area contributed by atoms with Gasteiger partial charge in [0, 0.05) is 11.1 Å². The van der Waals surface area contributed by atoms with Gasteiger partial charge in [0.05, 0.1) is 13.2 Å². The molecule has 0 fully saturated rings. The largest absolute Gasteiger partial charge is 0.508 e. The Hall–Kier alpha value is -2.56. The summed E-state index contributed by atoms with van der Waals surface area (Å²) in [6.07, 6.45) is 4.67. The Morgan fingerprint density at radius 2 is 1.41 bits per heavy atom. The molecule has 0 amide bonds. The molecule has 1 rings (SSSR count). The Morgan fingerprint density at radius 1 is 0.889 bits per heavy atom. The monoisotopic (exact) mass is 374 g/mol. The smallest absolute Gasteiger partial charge is 0.333 e. The number of aromatic hydroxyl groups is 1. The highest BCUT2D eigenvalue weighted by Gasteiger charge is 2.09. The van der Waals surface area contributed by atoms with Crippen LogP contribution < -0.4 is 0 Å². The first kappa shape index (κ1) is 22.5. The number of aryl methyl sites for hydroxylation is 1. The van der Waals surface area contributed by atoms with Gasteiger partial charge in [-0.2, -0.15) is 0 Å². The molecule has 0 aliphatic rings. The van der Waals surface area contributed by atoms with Crippen LogP contribution in [-0.2, 0) is 31.9 Å². The zero-order valence-electron chi connectivity index (χ0n) is 16.4. The van der Waals surface area contributed by atoms with Crippen LogP contribution in [-0.4, -0.2) is 30.3 Å². The molecule has 0 radical (unpaired) electrons. The van der Waals surface area contributed by atoms with Gasteiger partial charge in [0.15, 0.2) is 0 Å². The number of unbranched alkanes of at least 4 members (excludes halogenated alkanes) is 2. The fourth-order valence-corrected chi connectivity index (χ4v) is 2.54. The summed E-state index contributed by atoms with van der Waals surface area (Å²) in [4.78, 5) is 22.7. The second kappa shape index (κ2) is 11.9. The van der Waals surface area contributed by atoms with Gasteiger partial charge in [-0.05, 0) is 69.6 Å². The number of hydrogen-bond donors (Lipinski definition) is 1. The van der Waals surface area contributed by atoms with Gasteiger partial charge >= 0.3 is 11.9 Å². The number of rotatable bonds is 12. The van der Waals surface area contributed by atoms with Gasteiger partial charge in [0.1, 0.15) is 5.75 Å². The molecule has 0 saturated heterocycles. The molecule has 0 saturated carbocycles. The lowest BCUT2D eigenvalue weighted by atomic mass is 9.97.